The Morgan fingerprint density at radius 1 is 1.26 bits per heavy atom. The van der Waals surface area contributed by atoms with Crippen LogP contribution < -0.4 is 15.4 Å². The monoisotopic (exact) mass is 332 g/mol. The Balaban J connectivity index is 1.66. The Labute approximate surface area is 143 Å². The van der Waals surface area contributed by atoms with E-state index in [1.807, 2.05) is 32.0 Å². The smallest absolute Gasteiger partial charge is 0.170 e. The molecule has 0 radical (unpaired) electrons. The molecule has 2 N–H and O–H groups in total. The van der Waals surface area contributed by atoms with E-state index in [9.17, 15) is 4.79 Å². The van der Waals surface area contributed by atoms with Gasteiger partial charge in [-0.05, 0) is 57.1 Å². The molecular formula is C18H24N2O2S. The number of Topliss-reactive ketones (excluding diaryl/α,β-unsaturated/α-hetero) is 1. The van der Waals surface area contributed by atoms with Crippen LogP contribution in [0.2, 0.25) is 0 Å². The van der Waals surface area contributed by atoms with Gasteiger partial charge in [0.15, 0.2) is 10.9 Å². The van der Waals surface area contributed by atoms with Crippen molar-refractivity contribution in [2.24, 2.45) is 0 Å². The molecule has 4 nitrogen and oxygen atoms in total. The second-order valence-corrected chi connectivity index (χ2v) is 7.51. The molecule has 1 aliphatic carbocycles. The van der Waals surface area contributed by atoms with Gasteiger partial charge in [-0.25, -0.2) is 0 Å². The minimum absolute atomic E-state index is 0.117. The van der Waals surface area contributed by atoms with Gasteiger partial charge in [-0.15, -0.1) is 0 Å². The number of benzene rings is 1. The van der Waals surface area contributed by atoms with Crippen molar-refractivity contribution in [3.63, 3.8) is 0 Å². The van der Waals surface area contributed by atoms with E-state index in [0.29, 0.717) is 28.9 Å². The summed E-state index contributed by atoms with van der Waals surface area (Å²) >= 11 is 5.40. The fourth-order valence-electron chi connectivity index (χ4n) is 3.33. The van der Waals surface area contributed by atoms with Gasteiger partial charge >= 0.3 is 0 Å². The van der Waals surface area contributed by atoms with Gasteiger partial charge in [-0.2, -0.15) is 0 Å². The summed E-state index contributed by atoms with van der Waals surface area (Å²) in [5, 5.41) is 7.20. The van der Waals surface area contributed by atoms with Crippen LogP contribution >= 0.6 is 12.2 Å². The number of ether oxygens (including phenoxy) is 1. The van der Waals surface area contributed by atoms with E-state index in [-0.39, 0.29) is 5.78 Å². The summed E-state index contributed by atoms with van der Waals surface area (Å²) in [6.45, 7) is 3.87. The molecular weight excluding hydrogens is 308 g/mol. The predicted molar refractivity (Wildman–Crippen MR) is 96.3 cm³/mol. The van der Waals surface area contributed by atoms with Crippen molar-refractivity contribution in [2.45, 2.75) is 64.0 Å². The SMILES string of the molecule is CC1(C)CC(=O)c2cc(NC(=S)NC3CCCCC3)ccc2O1. The largest absolute Gasteiger partial charge is 0.487 e. The molecule has 1 heterocycles. The van der Waals surface area contributed by atoms with Crippen molar-refractivity contribution < 1.29 is 9.53 Å². The van der Waals surface area contributed by atoms with E-state index in [1.54, 1.807) is 0 Å². The summed E-state index contributed by atoms with van der Waals surface area (Å²) in [7, 11) is 0. The van der Waals surface area contributed by atoms with Crippen LogP contribution in [0.15, 0.2) is 18.2 Å². The molecule has 1 saturated carbocycles. The lowest BCUT2D eigenvalue weighted by Gasteiger charge is -2.31. The molecule has 1 aromatic carbocycles. The molecule has 0 unspecified atom stereocenters. The zero-order valence-electron chi connectivity index (χ0n) is 13.8. The average molecular weight is 332 g/mol. The first-order valence-corrected chi connectivity index (χ1v) is 8.78. The van der Waals surface area contributed by atoms with E-state index in [4.69, 9.17) is 17.0 Å². The Morgan fingerprint density at radius 3 is 2.74 bits per heavy atom. The van der Waals surface area contributed by atoms with Crippen LogP contribution in [0.5, 0.6) is 5.75 Å². The number of carbonyl (C=O) groups is 1. The topological polar surface area (TPSA) is 50.4 Å². The maximum absolute atomic E-state index is 12.3. The van der Waals surface area contributed by atoms with E-state index in [0.717, 1.165) is 5.69 Å². The van der Waals surface area contributed by atoms with Crippen molar-refractivity contribution >= 4 is 28.8 Å². The normalized spacial score (nSPS) is 20.3. The molecule has 0 saturated heterocycles. The van der Waals surface area contributed by atoms with Crippen molar-refractivity contribution in [3.05, 3.63) is 23.8 Å². The molecule has 23 heavy (non-hydrogen) atoms. The second-order valence-electron chi connectivity index (χ2n) is 7.11. The van der Waals surface area contributed by atoms with E-state index in [2.05, 4.69) is 10.6 Å². The van der Waals surface area contributed by atoms with Gasteiger partial charge in [0.05, 0.1) is 12.0 Å². The lowest BCUT2D eigenvalue weighted by Crippen LogP contribution is -2.39. The molecule has 1 fully saturated rings. The van der Waals surface area contributed by atoms with Crippen molar-refractivity contribution in [1.82, 2.24) is 5.32 Å². The average Bonchev–Trinajstić information content (AvgIpc) is 2.48. The van der Waals surface area contributed by atoms with Gasteiger partial charge in [0, 0.05) is 11.7 Å². The standard InChI is InChI=1S/C18H24N2O2S/c1-18(2)11-15(21)14-10-13(8-9-16(14)22-18)20-17(23)19-12-6-4-3-5-7-12/h8-10,12H,3-7,11H2,1-2H3,(H2,19,20,23). The highest BCUT2D eigenvalue weighted by Crippen LogP contribution is 2.34. The molecule has 0 bridgehead atoms. The van der Waals surface area contributed by atoms with Crippen LogP contribution in [-0.2, 0) is 0 Å². The first kappa shape index (κ1) is 16.2. The van der Waals surface area contributed by atoms with E-state index in [1.165, 1.54) is 32.1 Å². The summed E-state index contributed by atoms with van der Waals surface area (Å²) in [6, 6.07) is 6.05. The quantitative estimate of drug-likeness (QED) is 0.800. The van der Waals surface area contributed by atoms with Crippen LogP contribution in [0.1, 0.15) is 62.7 Å². The van der Waals surface area contributed by atoms with Crippen molar-refractivity contribution in [2.75, 3.05) is 5.32 Å². The van der Waals surface area contributed by atoms with Gasteiger partial charge < -0.3 is 15.4 Å². The zero-order chi connectivity index (χ0) is 16.4. The fraction of sp³-hybridized carbons (Fsp3) is 0.556. The fourth-order valence-corrected chi connectivity index (χ4v) is 3.61. The zero-order valence-corrected chi connectivity index (χ0v) is 14.6. The van der Waals surface area contributed by atoms with Crippen LogP contribution in [0.3, 0.4) is 0 Å². The second kappa shape index (κ2) is 6.48. The van der Waals surface area contributed by atoms with Gasteiger partial charge in [0.25, 0.3) is 0 Å². The van der Waals surface area contributed by atoms with E-state index >= 15 is 0 Å². The summed E-state index contributed by atoms with van der Waals surface area (Å²) in [6.07, 6.45) is 6.60. The van der Waals surface area contributed by atoms with Crippen LogP contribution in [0, 0.1) is 0 Å². The number of rotatable bonds is 2. The molecule has 124 valence electrons. The van der Waals surface area contributed by atoms with E-state index < -0.39 is 5.60 Å². The number of carbonyl (C=O) groups excluding carboxylic acids is 1. The first-order valence-electron chi connectivity index (χ1n) is 8.37. The number of nitrogens with one attached hydrogen (secondary N) is 2. The summed E-state index contributed by atoms with van der Waals surface area (Å²) in [4.78, 5) is 12.3. The molecule has 1 aliphatic heterocycles. The summed E-state index contributed by atoms with van der Waals surface area (Å²) in [5.74, 6) is 0.772. The minimum atomic E-state index is -0.434. The Kier molecular flexibility index (Phi) is 4.57. The molecule has 1 aromatic rings. The predicted octanol–water partition coefficient (Wildman–Crippen LogP) is 4.05. The van der Waals surface area contributed by atoms with Crippen LogP contribution in [0.25, 0.3) is 0 Å². The summed E-state index contributed by atoms with van der Waals surface area (Å²) in [5.41, 5.74) is 1.03. The maximum atomic E-state index is 12.3. The third-order valence-electron chi connectivity index (χ3n) is 4.45. The Bertz CT molecular complexity index is 621. The number of ketones is 1. The van der Waals surface area contributed by atoms with Gasteiger partial charge in [0.2, 0.25) is 0 Å². The van der Waals surface area contributed by atoms with Crippen molar-refractivity contribution in [3.8, 4) is 5.75 Å². The Hall–Kier alpha value is -1.62. The third kappa shape index (κ3) is 4.02. The third-order valence-corrected chi connectivity index (χ3v) is 4.67. The molecule has 3 rings (SSSR count). The lowest BCUT2D eigenvalue weighted by atomic mass is 9.93. The summed E-state index contributed by atoms with van der Waals surface area (Å²) < 4.78 is 5.87. The first-order chi connectivity index (χ1) is 10.9. The molecule has 2 aliphatic rings. The molecule has 0 spiro atoms. The molecule has 0 amide bonds. The highest BCUT2D eigenvalue weighted by atomic mass is 32.1. The molecule has 0 aromatic heterocycles. The number of hydrogen-bond acceptors (Lipinski definition) is 3. The van der Waals surface area contributed by atoms with Crippen LogP contribution in [0.4, 0.5) is 5.69 Å². The highest BCUT2D eigenvalue weighted by molar-refractivity contribution is 7.80. The number of hydrogen-bond donors (Lipinski definition) is 2. The molecule has 0 atom stereocenters. The van der Waals surface area contributed by atoms with Crippen LogP contribution in [-0.4, -0.2) is 22.5 Å². The molecule has 5 heteroatoms. The van der Waals surface area contributed by atoms with Gasteiger partial charge in [-0.1, -0.05) is 19.3 Å². The number of anilines is 1. The van der Waals surface area contributed by atoms with Gasteiger partial charge in [0.1, 0.15) is 11.4 Å². The highest BCUT2D eigenvalue weighted by Gasteiger charge is 2.32. The number of fused-ring (bicyclic) bond motifs is 1. The van der Waals surface area contributed by atoms with Crippen molar-refractivity contribution in [1.29, 1.82) is 0 Å². The lowest BCUT2D eigenvalue weighted by molar-refractivity contribution is 0.0620. The minimum Gasteiger partial charge on any atom is -0.487 e. The maximum Gasteiger partial charge on any atom is 0.170 e. The number of thiocarbonyl (C=S) groups is 1. The Morgan fingerprint density at radius 2 is 2.00 bits per heavy atom. The van der Waals surface area contributed by atoms with Gasteiger partial charge in [-0.3, -0.25) is 4.79 Å².